The SMILES string of the molecule is Cc1nc(-c2ccc3c(c2)N(CC(=O)OCCC(C)C)C(=O)C(C)O3)cs1. The largest absolute Gasteiger partial charge is 0.479 e. The van der Waals surface area contributed by atoms with Gasteiger partial charge in [0.2, 0.25) is 0 Å². The van der Waals surface area contributed by atoms with Gasteiger partial charge in [0.05, 0.1) is 23.0 Å². The second-order valence-corrected chi connectivity index (χ2v) is 8.08. The van der Waals surface area contributed by atoms with Gasteiger partial charge in [0.25, 0.3) is 5.91 Å². The summed E-state index contributed by atoms with van der Waals surface area (Å²) in [6.45, 7) is 7.99. The van der Waals surface area contributed by atoms with Gasteiger partial charge >= 0.3 is 5.97 Å². The highest BCUT2D eigenvalue weighted by molar-refractivity contribution is 7.09. The molecule has 1 amide bonds. The first-order valence-corrected chi connectivity index (χ1v) is 9.93. The fraction of sp³-hybridized carbons (Fsp3) is 0.450. The lowest BCUT2D eigenvalue weighted by atomic mass is 10.1. The summed E-state index contributed by atoms with van der Waals surface area (Å²) in [5.41, 5.74) is 2.29. The van der Waals surface area contributed by atoms with E-state index in [1.54, 1.807) is 18.3 Å². The number of thiazole rings is 1. The van der Waals surface area contributed by atoms with Gasteiger partial charge in [-0.05, 0) is 44.4 Å². The molecular formula is C20H24N2O4S. The van der Waals surface area contributed by atoms with Crippen LogP contribution in [0.4, 0.5) is 5.69 Å². The lowest BCUT2D eigenvalue weighted by Crippen LogP contribution is -2.47. The van der Waals surface area contributed by atoms with E-state index in [2.05, 4.69) is 18.8 Å². The number of ether oxygens (including phenoxy) is 2. The number of hydrogen-bond acceptors (Lipinski definition) is 6. The molecule has 0 radical (unpaired) electrons. The van der Waals surface area contributed by atoms with E-state index in [-0.39, 0.29) is 12.5 Å². The van der Waals surface area contributed by atoms with E-state index >= 15 is 0 Å². The van der Waals surface area contributed by atoms with Crippen molar-refractivity contribution in [2.24, 2.45) is 5.92 Å². The summed E-state index contributed by atoms with van der Waals surface area (Å²) in [4.78, 5) is 30.8. The third-order valence-electron chi connectivity index (χ3n) is 4.33. The molecule has 1 atom stereocenters. The van der Waals surface area contributed by atoms with Gasteiger partial charge in [-0.15, -0.1) is 11.3 Å². The van der Waals surface area contributed by atoms with Gasteiger partial charge in [-0.25, -0.2) is 4.98 Å². The molecule has 1 aromatic heterocycles. The molecule has 0 fully saturated rings. The highest BCUT2D eigenvalue weighted by Gasteiger charge is 2.33. The number of hydrogen-bond donors (Lipinski definition) is 0. The lowest BCUT2D eigenvalue weighted by molar-refractivity contribution is -0.143. The van der Waals surface area contributed by atoms with Crippen molar-refractivity contribution in [3.8, 4) is 17.0 Å². The van der Waals surface area contributed by atoms with E-state index in [9.17, 15) is 9.59 Å². The van der Waals surface area contributed by atoms with Crippen LogP contribution in [-0.4, -0.2) is 36.1 Å². The number of aromatic nitrogens is 1. The zero-order chi connectivity index (χ0) is 19.6. The smallest absolute Gasteiger partial charge is 0.326 e. The molecule has 1 aliphatic rings. The Labute approximate surface area is 163 Å². The Balaban J connectivity index is 1.83. The molecular weight excluding hydrogens is 364 g/mol. The molecule has 0 saturated heterocycles. The normalized spacial score (nSPS) is 16.3. The topological polar surface area (TPSA) is 68.7 Å². The van der Waals surface area contributed by atoms with Gasteiger partial charge in [-0.1, -0.05) is 13.8 Å². The van der Waals surface area contributed by atoms with Crippen LogP contribution < -0.4 is 9.64 Å². The quantitative estimate of drug-likeness (QED) is 0.704. The summed E-state index contributed by atoms with van der Waals surface area (Å²) in [6, 6.07) is 5.57. The molecule has 144 valence electrons. The minimum atomic E-state index is -0.645. The Morgan fingerprint density at radius 1 is 1.41 bits per heavy atom. The van der Waals surface area contributed by atoms with Gasteiger partial charge in [0.1, 0.15) is 12.3 Å². The van der Waals surface area contributed by atoms with Gasteiger partial charge in [-0.2, -0.15) is 0 Å². The average molecular weight is 388 g/mol. The molecule has 1 unspecified atom stereocenters. The zero-order valence-electron chi connectivity index (χ0n) is 16.0. The van der Waals surface area contributed by atoms with E-state index in [0.717, 1.165) is 22.7 Å². The molecule has 27 heavy (non-hydrogen) atoms. The number of benzene rings is 1. The predicted octanol–water partition coefficient (Wildman–Crippen LogP) is 3.82. The van der Waals surface area contributed by atoms with Crippen LogP contribution in [0, 0.1) is 12.8 Å². The zero-order valence-corrected chi connectivity index (χ0v) is 16.8. The Morgan fingerprint density at radius 3 is 2.85 bits per heavy atom. The average Bonchev–Trinajstić information content (AvgIpc) is 3.05. The first kappa shape index (κ1) is 19.4. The summed E-state index contributed by atoms with van der Waals surface area (Å²) in [5, 5.41) is 2.93. The number of fused-ring (bicyclic) bond motifs is 1. The summed E-state index contributed by atoms with van der Waals surface area (Å²) in [6.07, 6.45) is 0.150. The van der Waals surface area contributed by atoms with Crippen molar-refractivity contribution in [3.63, 3.8) is 0 Å². The molecule has 1 aliphatic heterocycles. The van der Waals surface area contributed by atoms with Crippen molar-refractivity contribution in [3.05, 3.63) is 28.6 Å². The van der Waals surface area contributed by atoms with E-state index in [0.29, 0.717) is 24.0 Å². The summed E-state index contributed by atoms with van der Waals surface area (Å²) in [7, 11) is 0. The third kappa shape index (κ3) is 4.47. The second kappa shape index (κ2) is 8.08. The van der Waals surface area contributed by atoms with Gasteiger partial charge < -0.3 is 9.47 Å². The van der Waals surface area contributed by atoms with Gasteiger partial charge in [0.15, 0.2) is 6.10 Å². The van der Waals surface area contributed by atoms with Crippen molar-refractivity contribution < 1.29 is 19.1 Å². The van der Waals surface area contributed by atoms with E-state index in [1.165, 1.54) is 4.90 Å². The van der Waals surface area contributed by atoms with Crippen molar-refractivity contribution in [2.45, 2.75) is 40.2 Å². The molecule has 0 N–H and O–H groups in total. The van der Waals surface area contributed by atoms with E-state index in [1.807, 2.05) is 30.5 Å². The summed E-state index contributed by atoms with van der Waals surface area (Å²) >= 11 is 1.56. The number of carbonyl (C=O) groups excluding carboxylic acids is 2. The van der Waals surface area contributed by atoms with Crippen molar-refractivity contribution in [1.82, 2.24) is 4.98 Å². The number of amides is 1. The van der Waals surface area contributed by atoms with Crippen LogP contribution in [0.5, 0.6) is 5.75 Å². The molecule has 2 aromatic rings. The Morgan fingerprint density at radius 2 is 2.19 bits per heavy atom. The summed E-state index contributed by atoms with van der Waals surface area (Å²) < 4.78 is 11.0. The Bertz CT molecular complexity index is 846. The molecule has 0 bridgehead atoms. The van der Waals surface area contributed by atoms with Crippen LogP contribution in [0.1, 0.15) is 32.2 Å². The molecule has 7 heteroatoms. The number of anilines is 1. The first-order chi connectivity index (χ1) is 12.8. The van der Waals surface area contributed by atoms with E-state index in [4.69, 9.17) is 9.47 Å². The number of nitrogens with zero attached hydrogens (tertiary/aromatic N) is 2. The highest BCUT2D eigenvalue weighted by Crippen LogP contribution is 2.37. The molecule has 0 aliphatic carbocycles. The van der Waals surface area contributed by atoms with Crippen molar-refractivity contribution in [1.29, 1.82) is 0 Å². The van der Waals surface area contributed by atoms with Crippen LogP contribution in [0.15, 0.2) is 23.6 Å². The maximum Gasteiger partial charge on any atom is 0.326 e. The Hall–Kier alpha value is -2.41. The lowest BCUT2D eigenvalue weighted by Gasteiger charge is -2.32. The van der Waals surface area contributed by atoms with Gasteiger partial charge in [0, 0.05) is 10.9 Å². The van der Waals surface area contributed by atoms with Gasteiger partial charge in [-0.3, -0.25) is 14.5 Å². The maximum atomic E-state index is 12.6. The van der Waals surface area contributed by atoms with Crippen LogP contribution in [0.2, 0.25) is 0 Å². The van der Waals surface area contributed by atoms with Crippen molar-refractivity contribution in [2.75, 3.05) is 18.1 Å². The Kier molecular flexibility index (Phi) is 5.79. The maximum absolute atomic E-state index is 12.6. The number of rotatable bonds is 6. The van der Waals surface area contributed by atoms with Crippen LogP contribution >= 0.6 is 11.3 Å². The minimum Gasteiger partial charge on any atom is -0.479 e. The molecule has 6 nitrogen and oxygen atoms in total. The molecule has 1 aromatic carbocycles. The monoisotopic (exact) mass is 388 g/mol. The van der Waals surface area contributed by atoms with E-state index < -0.39 is 12.1 Å². The number of esters is 1. The molecule has 3 rings (SSSR count). The fourth-order valence-corrected chi connectivity index (χ4v) is 3.43. The number of carbonyl (C=O) groups is 2. The minimum absolute atomic E-state index is 0.128. The predicted molar refractivity (Wildman–Crippen MR) is 105 cm³/mol. The fourth-order valence-electron chi connectivity index (χ4n) is 2.81. The molecule has 0 spiro atoms. The third-order valence-corrected chi connectivity index (χ3v) is 5.10. The van der Waals surface area contributed by atoms with Crippen LogP contribution in [-0.2, 0) is 14.3 Å². The molecule has 0 saturated carbocycles. The highest BCUT2D eigenvalue weighted by atomic mass is 32.1. The second-order valence-electron chi connectivity index (χ2n) is 7.02. The van der Waals surface area contributed by atoms with Crippen LogP contribution in [0.3, 0.4) is 0 Å². The standard InChI is InChI=1S/C20H24N2O4S/c1-12(2)7-8-25-19(23)10-22-17-9-15(16-11-27-14(4)21-16)5-6-18(17)26-13(3)20(22)24/h5-6,9,11-13H,7-8,10H2,1-4H3. The first-order valence-electron chi connectivity index (χ1n) is 9.05. The van der Waals surface area contributed by atoms with Crippen molar-refractivity contribution >= 4 is 28.9 Å². The summed E-state index contributed by atoms with van der Waals surface area (Å²) in [5.74, 6) is 0.356. The number of aryl methyl sites for hydroxylation is 1. The molecule has 2 heterocycles. The van der Waals surface area contributed by atoms with Crippen LogP contribution in [0.25, 0.3) is 11.3 Å².